The van der Waals surface area contributed by atoms with Gasteiger partial charge in [-0.05, 0) is 31.4 Å². The zero-order valence-corrected chi connectivity index (χ0v) is 14.9. The van der Waals surface area contributed by atoms with Crippen molar-refractivity contribution in [3.63, 3.8) is 0 Å². The van der Waals surface area contributed by atoms with Crippen LogP contribution in [0.5, 0.6) is 0 Å². The quantitative estimate of drug-likeness (QED) is 0.791. The number of anilines is 2. The van der Waals surface area contributed by atoms with E-state index in [9.17, 15) is 0 Å². The minimum atomic E-state index is 0.435. The number of nitrogens with zero attached hydrogens (tertiary/aromatic N) is 4. The van der Waals surface area contributed by atoms with E-state index in [1.807, 2.05) is 17.9 Å². The first kappa shape index (κ1) is 15.9. The fraction of sp³-hybridized carbons (Fsp3) is 0.400. The molecule has 1 atom stereocenters. The summed E-state index contributed by atoms with van der Waals surface area (Å²) in [6, 6.07) is 11.1. The second-order valence-corrected chi connectivity index (χ2v) is 6.83. The molecular formula is C20H25N5. The van der Waals surface area contributed by atoms with Crippen molar-refractivity contribution in [1.82, 2.24) is 14.8 Å². The van der Waals surface area contributed by atoms with Crippen molar-refractivity contribution in [2.75, 3.05) is 23.3 Å². The summed E-state index contributed by atoms with van der Waals surface area (Å²) in [6.07, 6.45) is 7.38. The molecule has 0 spiro atoms. The van der Waals surface area contributed by atoms with Gasteiger partial charge in [0, 0.05) is 49.1 Å². The predicted octanol–water partition coefficient (Wildman–Crippen LogP) is 3.61. The van der Waals surface area contributed by atoms with E-state index in [1.165, 1.54) is 29.6 Å². The lowest BCUT2D eigenvalue weighted by atomic mass is 10.0. The molecule has 25 heavy (non-hydrogen) atoms. The molecule has 1 aromatic carbocycles. The van der Waals surface area contributed by atoms with E-state index in [-0.39, 0.29) is 0 Å². The first-order chi connectivity index (χ1) is 12.2. The van der Waals surface area contributed by atoms with Crippen LogP contribution in [0.1, 0.15) is 25.5 Å². The van der Waals surface area contributed by atoms with E-state index >= 15 is 0 Å². The van der Waals surface area contributed by atoms with Crippen molar-refractivity contribution in [3.8, 4) is 0 Å². The number of piperidine rings is 1. The molecule has 3 heterocycles. The normalized spacial score (nSPS) is 17.8. The number of rotatable bonds is 4. The van der Waals surface area contributed by atoms with E-state index in [0.29, 0.717) is 6.04 Å². The van der Waals surface area contributed by atoms with Crippen LogP contribution in [0.25, 0.3) is 10.9 Å². The molecule has 1 unspecified atom stereocenters. The van der Waals surface area contributed by atoms with Gasteiger partial charge >= 0.3 is 0 Å². The summed E-state index contributed by atoms with van der Waals surface area (Å²) in [6.45, 7) is 4.26. The van der Waals surface area contributed by atoms with Gasteiger partial charge < -0.3 is 10.2 Å². The maximum Gasteiger partial charge on any atom is 0.0753 e. The molecule has 3 aromatic rings. The van der Waals surface area contributed by atoms with Gasteiger partial charge in [0.2, 0.25) is 0 Å². The molecule has 1 N–H and O–H groups in total. The predicted molar refractivity (Wildman–Crippen MR) is 103 cm³/mol. The maximum atomic E-state index is 4.75. The topological polar surface area (TPSA) is 46.0 Å². The summed E-state index contributed by atoms with van der Waals surface area (Å²) in [5, 5.41) is 9.31. The Bertz CT molecular complexity index is 869. The lowest BCUT2D eigenvalue weighted by Crippen LogP contribution is -2.42. The highest BCUT2D eigenvalue weighted by Gasteiger charge is 2.21. The van der Waals surface area contributed by atoms with Crippen molar-refractivity contribution in [2.24, 2.45) is 7.05 Å². The fourth-order valence-corrected chi connectivity index (χ4v) is 3.65. The molecule has 130 valence electrons. The van der Waals surface area contributed by atoms with Crippen molar-refractivity contribution >= 4 is 22.3 Å². The molecule has 0 radical (unpaired) electrons. The standard InChI is InChI=1S/C20H25N5/c1-3-15-11-20(18-8-4-5-9-19(18)22-15)23-16-7-6-10-25(13-16)17-12-21-24(2)14-17/h4-5,8-9,11-12,14,16H,3,6-7,10,13H2,1-2H3,(H,22,23). The highest BCUT2D eigenvalue weighted by Crippen LogP contribution is 2.27. The summed E-state index contributed by atoms with van der Waals surface area (Å²) >= 11 is 0. The Morgan fingerprint density at radius 3 is 2.96 bits per heavy atom. The third-order valence-corrected chi connectivity index (χ3v) is 4.97. The number of para-hydroxylation sites is 1. The monoisotopic (exact) mass is 335 g/mol. The molecule has 1 aliphatic rings. The van der Waals surface area contributed by atoms with Crippen LogP contribution in [0.2, 0.25) is 0 Å². The van der Waals surface area contributed by atoms with Gasteiger partial charge in [0.25, 0.3) is 0 Å². The van der Waals surface area contributed by atoms with E-state index in [1.54, 1.807) is 0 Å². The molecule has 1 aliphatic heterocycles. The maximum absolute atomic E-state index is 4.75. The van der Waals surface area contributed by atoms with Crippen molar-refractivity contribution in [1.29, 1.82) is 0 Å². The van der Waals surface area contributed by atoms with Crippen LogP contribution in [0.15, 0.2) is 42.7 Å². The lowest BCUT2D eigenvalue weighted by molar-refractivity contribution is 0.530. The first-order valence-corrected chi connectivity index (χ1v) is 9.11. The summed E-state index contributed by atoms with van der Waals surface area (Å²) in [5.41, 5.74) is 4.63. The van der Waals surface area contributed by atoms with Crippen molar-refractivity contribution in [3.05, 3.63) is 48.4 Å². The number of hydrogen-bond acceptors (Lipinski definition) is 4. The van der Waals surface area contributed by atoms with Gasteiger partial charge in [-0.15, -0.1) is 0 Å². The minimum absolute atomic E-state index is 0.435. The van der Waals surface area contributed by atoms with Crippen molar-refractivity contribution in [2.45, 2.75) is 32.2 Å². The largest absolute Gasteiger partial charge is 0.380 e. The molecule has 0 aliphatic carbocycles. The average molecular weight is 335 g/mol. The number of fused-ring (bicyclic) bond motifs is 1. The molecule has 5 heteroatoms. The zero-order chi connectivity index (χ0) is 17.2. The number of aryl methyl sites for hydroxylation is 2. The Morgan fingerprint density at radius 1 is 1.28 bits per heavy atom. The van der Waals surface area contributed by atoms with Gasteiger partial charge in [-0.25, -0.2) is 0 Å². The number of hydrogen-bond donors (Lipinski definition) is 1. The van der Waals surface area contributed by atoms with Crippen LogP contribution in [-0.2, 0) is 13.5 Å². The Hall–Kier alpha value is -2.56. The van der Waals surface area contributed by atoms with Crippen LogP contribution < -0.4 is 10.2 Å². The highest BCUT2D eigenvalue weighted by atomic mass is 15.3. The molecule has 1 fully saturated rings. The van der Waals surface area contributed by atoms with E-state index in [2.05, 4.69) is 58.8 Å². The Labute approximate surface area is 148 Å². The SMILES string of the molecule is CCc1cc(NC2CCCN(c3cnn(C)c3)C2)c2ccccc2n1. The smallest absolute Gasteiger partial charge is 0.0753 e. The summed E-state index contributed by atoms with van der Waals surface area (Å²) in [4.78, 5) is 7.18. The van der Waals surface area contributed by atoms with E-state index in [4.69, 9.17) is 4.98 Å². The van der Waals surface area contributed by atoms with Crippen molar-refractivity contribution < 1.29 is 0 Å². The molecule has 0 bridgehead atoms. The van der Waals surface area contributed by atoms with Gasteiger partial charge in [-0.3, -0.25) is 9.67 Å². The summed E-state index contributed by atoms with van der Waals surface area (Å²) in [7, 11) is 1.97. The first-order valence-electron chi connectivity index (χ1n) is 9.11. The Kier molecular flexibility index (Phi) is 4.30. The van der Waals surface area contributed by atoms with Gasteiger partial charge in [0.15, 0.2) is 0 Å². The fourth-order valence-electron chi connectivity index (χ4n) is 3.65. The molecule has 1 saturated heterocycles. The minimum Gasteiger partial charge on any atom is -0.380 e. The van der Waals surface area contributed by atoms with Crippen LogP contribution >= 0.6 is 0 Å². The third-order valence-electron chi connectivity index (χ3n) is 4.97. The van der Waals surface area contributed by atoms with Crippen LogP contribution in [0.3, 0.4) is 0 Å². The molecule has 5 nitrogen and oxygen atoms in total. The number of nitrogens with one attached hydrogen (secondary N) is 1. The number of benzene rings is 1. The summed E-state index contributed by atoms with van der Waals surface area (Å²) in [5.74, 6) is 0. The second kappa shape index (κ2) is 6.75. The van der Waals surface area contributed by atoms with Crippen LogP contribution in [0, 0.1) is 0 Å². The van der Waals surface area contributed by atoms with Gasteiger partial charge in [-0.2, -0.15) is 5.10 Å². The lowest BCUT2D eigenvalue weighted by Gasteiger charge is -2.34. The molecular weight excluding hydrogens is 310 g/mol. The zero-order valence-electron chi connectivity index (χ0n) is 14.9. The third kappa shape index (κ3) is 3.31. The molecule has 2 aromatic heterocycles. The summed E-state index contributed by atoms with van der Waals surface area (Å²) < 4.78 is 1.87. The molecule has 4 rings (SSSR count). The van der Waals surface area contributed by atoms with E-state index < -0.39 is 0 Å². The van der Waals surface area contributed by atoms with Crippen LogP contribution in [-0.4, -0.2) is 33.9 Å². The molecule has 0 saturated carbocycles. The Balaban J connectivity index is 1.58. The van der Waals surface area contributed by atoms with Gasteiger partial charge in [-0.1, -0.05) is 25.1 Å². The number of pyridine rings is 1. The highest BCUT2D eigenvalue weighted by molar-refractivity contribution is 5.91. The van der Waals surface area contributed by atoms with E-state index in [0.717, 1.165) is 30.7 Å². The average Bonchev–Trinajstić information content (AvgIpc) is 3.08. The Morgan fingerprint density at radius 2 is 2.16 bits per heavy atom. The number of aromatic nitrogens is 3. The van der Waals surface area contributed by atoms with Crippen LogP contribution in [0.4, 0.5) is 11.4 Å². The van der Waals surface area contributed by atoms with Gasteiger partial charge in [0.05, 0.1) is 17.4 Å². The second-order valence-electron chi connectivity index (χ2n) is 6.83. The van der Waals surface area contributed by atoms with Gasteiger partial charge in [0.1, 0.15) is 0 Å². The molecule has 0 amide bonds.